The van der Waals surface area contributed by atoms with Crippen LogP contribution in [0.1, 0.15) is 55.5 Å². The number of amides is 1. The highest BCUT2D eigenvalue weighted by Gasteiger charge is 2.29. The molecule has 202 valence electrons. The first-order valence-corrected chi connectivity index (χ1v) is 13.0. The van der Waals surface area contributed by atoms with Crippen molar-refractivity contribution in [1.29, 1.82) is 0 Å². The van der Waals surface area contributed by atoms with Crippen LogP contribution in [0.25, 0.3) is 22.5 Å². The summed E-state index contributed by atoms with van der Waals surface area (Å²) in [5.74, 6) is 0.696. The van der Waals surface area contributed by atoms with Gasteiger partial charge < -0.3 is 9.30 Å². The third-order valence-electron chi connectivity index (χ3n) is 6.36. The van der Waals surface area contributed by atoms with Gasteiger partial charge in [0.1, 0.15) is 5.82 Å². The molecule has 1 amide bonds. The van der Waals surface area contributed by atoms with Crippen LogP contribution in [-0.2, 0) is 22.5 Å². The highest BCUT2D eigenvalue weighted by Crippen LogP contribution is 2.30. The molecule has 2 aromatic carbocycles. The first-order valence-electron chi connectivity index (χ1n) is 13.0. The number of hydrogen-bond acceptors (Lipinski definition) is 7. The smallest absolute Gasteiger partial charge is 0.358 e. The maximum atomic E-state index is 13.2. The summed E-state index contributed by atoms with van der Waals surface area (Å²) in [5, 5.41) is 14.4. The number of aryl methyl sites for hydroxylation is 1. The topological polar surface area (TPSA) is 119 Å². The third kappa shape index (κ3) is 5.95. The second-order valence-corrected chi connectivity index (χ2v) is 9.23. The molecule has 0 radical (unpaired) electrons. The molecule has 4 rings (SSSR count). The number of hydrogen-bond donors (Lipinski definition) is 1. The number of unbranched alkanes of at least 4 members (excludes halogenated alkanes) is 1. The van der Waals surface area contributed by atoms with E-state index in [0.717, 1.165) is 40.9 Å². The Hall–Kier alpha value is -4.60. The van der Waals surface area contributed by atoms with Crippen LogP contribution < -0.4 is 4.90 Å². The van der Waals surface area contributed by atoms with Crippen LogP contribution >= 0.6 is 0 Å². The van der Waals surface area contributed by atoms with E-state index < -0.39 is 5.97 Å². The van der Waals surface area contributed by atoms with Gasteiger partial charge in [0, 0.05) is 31.1 Å². The Balaban J connectivity index is 1.73. The summed E-state index contributed by atoms with van der Waals surface area (Å²) >= 11 is 0. The lowest BCUT2D eigenvalue weighted by Crippen LogP contribution is -2.29. The van der Waals surface area contributed by atoms with Gasteiger partial charge in [-0.25, -0.2) is 9.78 Å². The first-order chi connectivity index (χ1) is 18.8. The Kier molecular flexibility index (Phi) is 8.65. The number of ether oxygens (including phenoxy) is 1. The fraction of sp³-hybridized carbons (Fsp3) is 0.310. The lowest BCUT2D eigenvalue weighted by molar-refractivity contribution is -0.114. The Morgan fingerprint density at radius 2 is 1.79 bits per heavy atom. The highest BCUT2D eigenvalue weighted by atomic mass is 16.5. The van der Waals surface area contributed by atoms with Crippen LogP contribution in [0.5, 0.6) is 0 Å². The minimum atomic E-state index is -0.519. The molecule has 4 aromatic rings. The molecule has 0 spiro atoms. The largest absolute Gasteiger partial charge is 0.461 e. The lowest BCUT2D eigenvalue weighted by Gasteiger charge is -2.17. The number of aromatic amines is 1. The van der Waals surface area contributed by atoms with Crippen molar-refractivity contribution in [3.05, 3.63) is 77.8 Å². The number of benzene rings is 2. The van der Waals surface area contributed by atoms with Crippen molar-refractivity contribution in [2.45, 2.75) is 46.6 Å². The number of anilines is 1. The van der Waals surface area contributed by atoms with Crippen molar-refractivity contribution < 1.29 is 14.3 Å². The average Bonchev–Trinajstić information content (AvgIpc) is 3.60. The molecule has 10 heteroatoms. The predicted octanol–water partition coefficient (Wildman–Crippen LogP) is 4.84. The summed E-state index contributed by atoms with van der Waals surface area (Å²) in [4.78, 5) is 32.1. The number of nitrogens with one attached hydrogen (secondary N) is 1. The van der Waals surface area contributed by atoms with E-state index in [9.17, 15) is 9.59 Å². The van der Waals surface area contributed by atoms with Crippen LogP contribution in [-0.4, -0.2) is 55.7 Å². The van der Waals surface area contributed by atoms with Gasteiger partial charge in [0.25, 0.3) is 5.91 Å². The molecule has 0 aliphatic rings. The molecule has 0 aliphatic carbocycles. The maximum absolute atomic E-state index is 13.2. The van der Waals surface area contributed by atoms with E-state index in [-0.39, 0.29) is 24.0 Å². The summed E-state index contributed by atoms with van der Waals surface area (Å²) in [6, 6.07) is 16.0. The van der Waals surface area contributed by atoms with E-state index in [4.69, 9.17) is 9.72 Å². The number of H-pyrrole nitrogens is 1. The van der Waals surface area contributed by atoms with E-state index in [1.165, 1.54) is 4.90 Å². The van der Waals surface area contributed by atoms with Gasteiger partial charge in [0.05, 0.1) is 6.61 Å². The molecule has 0 aliphatic heterocycles. The highest BCUT2D eigenvalue weighted by molar-refractivity contribution is 6.07. The number of likely N-dealkylation sites (N-methyl/N-ethyl adjacent to an activating group) is 1. The Morgan fingerprint density at radius 1 is 1.08 bits per heavy atom. The Labute approximate surface area is 227 Å². The summed E-state index contributed by atoms with van der Waals surface area (Å²) in [6.45, 7) is 9.85. The summed E-state index contributed by atoms with van der Waals surface area (Å²) in [5.41, 5.74) is 4.42. The molecule has 2 heterocycles. The van der Waals surface area contributed by atoms with Crippen molar-refractivity contribution >= 4 is 17.7 Å². The zero-order valence-corrected chi connectivity index (χ0v) is 22.8. The number of tetrazole rings is 1. The van der Waals surface area contributed by atoms with Gasteiger partial charge in [-0.1, -0.05) is 68.5 Å². The molecule has 2 aromatic heterocycles. The number of rotatable bonds is 11. The maximum Gasteiger partial charge on any atom is 0.358 e. The fourth-order valence-electron chi connectivity index (χ4n) is 4.38. The molecule has 0 unspecified atom stereocenters. The van der Waals surface area contributed by atoms with Crippen molar-refractivity contribution in [3.8, 4) is 22.5 Å². The zero-order valence-electron chi connectivity index (χ0n) is 22.8. The molecular weight excluding hydrogens is 494 g/mol. The van der Waals surface area contributed by atoms with Crippen molar-refractivity contribution in [3.63, 3.8) is 0 Å². The molecular formula is C29H33N7O3. The molecule has 0 saturated carbocycles. The van der Waals surface area contributed by atoms with Crippen LogP contribution in [0.3, 0.4) is 0 Å². The molecule has 10 nitrogen and oxygen atoms in total. The van der Waals surface area contributed by atoms with Crippen molar-refractivity contribution in [1.82, 2.24) is 30.2 Å². The third-order valence-corrected chi connectivity index (χ3v) is 6.36. The minimum absolute atomic E-state index is 0.209. The minimum Gasteiger partial charge on any atom is -0.461 e. The number of imidazole rings is 1. The van der Waals surface area contributed by atoms with Crippen LogP contribution in [0.4, 0.5) is 5.82 Å². The second kappa shape index (κ2) is 12.3. The average molecular weight is 528 g/mol. The molecule has 0 bridgehead atoms. The van der Waals surface area contributed by atoms with Gasteiger partial charge in [0.15, 0.2) is 11.5 Å². The summed E-state index contributed by atoms with van der Waals surface area (Å²) < 4.78 is 7.27. The van der Waals surface area contributed by atoms with E-state index >= 15 is 0 Å². The lowest BCUT2D eigenvalue weighted by atomic mass is 9.98. The van der Waals surface area contributed by atoms with Crippen molar-refractivity contribution in [2.75, 3.05) is 18.6 Å². The van der Waals surface area contributed by atoms with E-state index in [1.54, 1.807) is 20.9 Å². The van der Waals surface area contributed by atoms with E-state index in [0.29, 0.717) is 24.4 Å². The summed E-state index contributed by atoms with van der Waals surface area (Å²) in [7, 11) is 1.60. The van der Waals surface area contributed by atoms with Gasteiger partial charge in [-0.3, -0.25) is 9.69 Å². The van der Waals surface area contributed by atoms with Gasteiger partial charge in [-0.05, 0) is 42.2 Å². The normalized spacial score (nSPS) is 10.9. The van der Waals surface area contributed by atoms with Gasteiger partial charge in [-0.2, -0.15) is 5.21 Å². The molecule has 0 fully saturated rings. The number of aromatic nitrogens is 6. The standard InChI is InChI=1S/C29H33N7O3/c1-6-8-13-24-30-27(35(5)28(37)19(3)4)25(29(38)39-7-2)36(24)18-20-14-16-21(17-15-20)22-11-9-10-12-23(22)26-31-33-34-32-26/h9-12,14-17H,3,6-8,13,18H2,1-2,4-5H3,(H,31,32,33,34). The second-order valence-electron chi connectivity index (χ2n) is 9.23. The SMILES string of the molecule is C=C(C)C(=O)N(C)c1nc(CCCC)n(Cc2ccc(-c3ccccc3-c3nn[nH]n3)cc2)c1C(=O)OCC. The molecule has 0 atom stereocenters. The summed E-state index contributed by atoms with van der Waals surface area (Å²) in [6.07, 6.45) is 2.52. The van der Waals surface area contributed by atoms with Crippen molar-refractivity contribution in [2.24, 2.45) is 0 Å². The molecule has 39 heavy (non-hydrogen) atoms. The van der Waals surface area contributed by atoms with Gasteiger partial charge >= 0.3 is 5.97 Å². The first kappa shape index (κ1) is 27.4. The number of nitrogens with zero attached hydrogens (tertiary/aromatic N) is 6. The molecule has 0 saturated heterocycles. The number of carbonyl (C=O) groups is 2. The van der Waals surface area contributed by atoms with Gasteiger partial charge in [0.2, 0.25) is 5.82 Å². The van der Waals surface area contributed by atoms with E-state index in [2.05, 4.69) is 34.1 Å². The van der Waals surface area contributed by atoms with E-state index in [1.807, 2.05) is 53.1 Å². The van der Waals surface area contributed by atoms with Gasteiger partial charge in [-0.15, -0.1) is 10.2 Å². The van der Waals surface area contributed by atoms with Crippen LogP contribution in [0.2, 0.25) is 0 Å². The fourth-order valence-corrected chi connectivity index (χ4v) is 4.38. The van der Waals surface area contributed by atoms with Crippen LogP contribution in [0.15, 0.2) is 60.7 Å². The Bertz CT molecular complexity index is 1460. The predicted molar refractivity (Wildman–Crippen MR) is 149 cm³/mol. The quantitative estimate of drug-likeness (QED) is 0.219. The van der Waals surface area contributed by atoms with Crippen LogP contribution in [0, 0.1) is 0 Å². The zero-order chi connectivity index (χ0) is 27.9. The number of carbonyl (C=O) groups excluding carboxylic acids is 2. The number of esters is 1. The monoisotopic (exact) mass is 527 g/mol. The Morgan fingerprint density at radius 3 is 2.41 bits per heavy atom. The molecule has 1 N–H and O–H groups in total.